The topological polar surface area (TPSA) is 82.2 Å². The minimum atomic E-state index is -0.992. The van der Waals surface area contributed by atoms with Gasteiger partial charge in [0.2, 0.25) is 0 Å². The van der Waals surface area contributed by atoms with E-state index >= 15 is 0 Å². The van der Waals surface area contributed by atoms with Gasteiger partial charge in [-0.2, -0.15) is 0 Å². The fourth-order valence-corrected chi connectivity index (χ4v) is 2.94. The van der Waals surface area contributed by atoms with E-state index in [2.05, 4.69) is 51.0 Å². The van der Waals surface area contributed by atoms with Crippen LogP contribution in [-0.2, 0) is 10.2 Å². The van der Waals surface area contributed by atoms with Crippen LogP contribution in [0.15, 0.2) is 24.3 Å². The molecule has 0 radical (unpaired) electrons. The summed E-state index contributed by atoms with van der Waals surface area (Å²) in [7, 11) is 0. The zero-order chi connectivity index (χ0) is 19.5. The van der Waals surface area contributed by atoms with E-state index in [9.17, 15) is 14.7 Å². The van der Waals surface area contributed by atoms with Crippen LogP contribution in [0.5, 0.6) is 0 Å². The van der Waals surface area contributed by atoms with E-state index in [4.69, 9.17) is 0 Å². The van der Waals surface area contributed by atoms with Gasteiger partial charge in [0.05, 0.1) is 0 Å². The molecule has 1 aromatic heterocycles. The zero-order valence-electron chi connectivity index (χ0n) is 16.3. The smallest absolute Gasteiger partial charge is 0.326 e. The Morgan fingerprint density at radius 1 is 1.15 bits per heavy atom. The normalized spacial score (nSPS) is 13.2. The van der Waals surface area contributed by atoms with Gasteiger partial charge in [0.15, 0.2) is 0 Å². The molecule has 1 atom stereocenters. The fraction of sp³-hybridized carbons (Fsp3) is 0.524. The number of rotatable bonds is 7. The quantitative estimate of drug-likeness (QED) is 0.683. The van der Waals surface area contributed by atoms with Gasteiger partial charge in [-0.15, -0.1) is 0 Å². The van der Waals surface area contributed by atoms with Crippen molar-refractivity contribution in [3.63, 3.8) is 0 Å². The number of hydrogen-bond acceptors (Lipinski definition) is 2. The molecular weight excluding hydrogens is 328 g/mol. The Kier molecular flexibility index (Phi) is 6.11. The van der Waals surface area contributed by atoms with Gasteiger partial charge in [0.25, 0.3) is 5.91 Å². The average Bonchev–Trinajstić information content (AvgIpc) is 2.95. The van der Waals surface area contributed by atoms with Crippen molar-refractivity contribution >= 4 is 22.8 Å². The van der Waals surface area contributed by atoms with Gasteiger partial charge in [-0.1, -0.05) is 59.6 Å². The summed E-state index contributed by atoms with van der Waals surface area (Å²) in [5.74, 6) is -0.852. The van der Waals surface area contributed by atoms with Crippen molar-refractivity contribution in [2.45, 2.75) is 65.3 Å². The minimum absolute atomic E-state index is 0.0204. The number of benzene rings is 1. The molecule has 1 aromatic carbocycles. The highest BCUT2D eigenvalue weighted by Crippen LogP contribution is 2.26. The lowest BCUT2D eigenvalue weighted by Crippen LogP contribution is -2.40. The molecule has 5 heteroatoms. The Labute approximate surface area is 155 Å². The number of carbonyl (C=O) groups excluding carboxylic acids is 1. The van der Waals surface area contributed by atoms with Crippen LogP contribution in [0.4, 0.5) is 0 Å². The Morgan fingerprint density at radius 2 is 1.85 bits per heavy atom. The van der Waals surface area contributed by atoms with E-state index in [0.29, 0.717) is 18.0 Å². The van der Waals surface area contributed by atoms with Gasteiger partial charge in [-0.3, -0.25) is 4.79 Å². The highest BCUT2D eigenvalue weighted by atomic mass is 16.4. The Hall–Kier alpha value is -2.30. The number of H-pyrrole nitrogens is 1. The average molecular weight is 358 g/mol. The third-order valence-corrected chi connectivity index (χ3v) is 4.61. The third kappa shape index (κ3) is 5.10. The first-order valence-corrected chi connectivity index (χ1v) is 9.25. The third-order valence-electron chi connectivity index (χ3n) is 4.61. The number of carbonyl (C=O) groups is 2. The van der Waals surface area contributed by atoms with Crippen LogP contribution in [-0.4, -0.2) is 28.0 Å². The maximum atomic E-state index is 12.5. The zero-order valence-corrected chi connectivity index (χ0v) is 16.3. The highest BCUT2D eigenvalue weighted by molar-refractivity contribution is 5.99. The maximum Gasteiger partial charge on any atom is 0.326 e. The molecule has 5 nitrogen and oxygen atoms in total. The van der Waals surface area contributed by atoms with Gasteiger partial charge >= 0.3 is 5.97 Å². The molecule has 1 unspecified atom stereocenters. The standard InChI is InChI=1S/C21H30N2O3/c1-13(2)7-6-8-16(20(25)26)23-19(24)18-11-14-9-10-15(21(3,4)5)12-17(14)22-18/h9-13,16,22H,6-8H2,1-5H3,(H,23,24)(H,25,26). The number of carboxylic acids is 1. The van der Waals surface area contributed by atoms with Crippen molar-refractivity contribution < 1.29 is 14.7 Å². The number of fused-ring (bicyclic) bond motifs is 1. The van der Waals surface area contributed by atoms with Crippen molar-refractivity contribution in [2.75, 3.05) is 0 Å². The van der Waals surface area contributed by atoms with Gasteiger partial charge in [0, 0.05) is 10.9 Å². The largest absolute Gasteiger partial charge is 0.480 e. The number of aromatic amines is 1. The SMILES string of the molecule is CC(C)CCCC(NC(=O)c1cc2ccc(C(C)(C)C)cc2[nH]1)C(=O)O. The second-order valence-electron chi connectivity index (χ2n) is 8.42. The summed E-state index contributed by atoms with van der Waals surface area (Å²) >= 11 is 0. The molecule has 26 heavy (non-hydrogen) atoms. The summed E-state index contributed by atoms with van der Waals surface area (Å²) < 4.78 is 0. The molecule has 1 heterocycles. The molecule has 0 aliphatic rings. The van der Waals surface area contributed by atoms with Gasteiger partial charge in [0.1, 0.15) is 11.7 Å². The van der Waals surface area contributed by atoms with E-state index in [1.54, 1.807) is 6.07 Å². The van der Waals surface area contributed by atoms with Crippen molar-refractivity contribution in [3.8, 4) is 0 Å². The number of hydrogen-bond donors (Lipinski definition) is 3. The summed E-state index contributed by atoms with van der Waals surface area (Å²) in [4.78, 5) is 27.1. The second kappa shape index (κ2) is 7.94. The fourth-order valence-electron chi connectivity index (χ4n) is 2.94. The molecule has 3 N–H and O–H groups in total. The van der Waals surface area contributed by atoms with Crippen LogP contribution in [0.1, 0.15) is 69.9 Å². The lowest BCUT2D eigenvalue weighted by Gasteiger charge is -2.18. The Balaban J connectivity index is 2.13. The number of aliphatic carboxylic acids is 1. The number of carboxylic acid groups (broad SMARTS) is 1. The maximum absolute atomic E-state index is 12.5. The molecule has 0 spiro atoms. The highest BCUT2D eigenvalue weighted by Gasteiger charge is 2.22. The Morgan fingerprint density at radius 3 is 2.42 bits per heavy atom. The van der Waals surface area contributed by atoms with E-state index in [1.165, 1.54) is 5.56 Å². The van der Waals surface area contributed by atoms with Crippen LogP contribution < -0.4 is 5.32 Å². The van der Waals surface area contributed by atoms with Crippen LogP contribution in [0.25, 0.3) is 10.9 Å². The Bertz CT molecular complexity index is 784. The van der Waals surface area contributed by atoms with Crippen LogP contribution in [0, 0.1) is 5.92 Å². The van der Waals surface area contributed by atoms with E-state index in [1.807, 2.05) is 12.1 Å². The van der Waals surface area contributed by atoms with Gasteiger partial charge < -0.3 is 15.4 Å². The predicted molar refractivity (Wildman–Crippen MR) is 105 cm³/mol. The summed E-state index contributed by atoms with van der Waals surface area (Å²) in [6.07, 6.45) is 2.16. The van der Waals surface area contributed by atoms with E-state index < -0.39 is 12.0 Å². The minimum Gasteiger partial charge on any atom is -0.480 e. The summed E-state index contributed by atoms with van der Waals surface area (Å²) in [6, 6.07) is 7.00. The number of aromatic nitrogens is 1. The lowest BCUT2D eigenvalue weighted by molar-refractivity contribution is -0.139. The first-order chi connectivity index (χ1) is 12.1. The van der Waals surface area contributed by atoms with Gasteiger partial charge in [-0.05, 0) is 35.4 Å². The first kappa shape index (κ1) is 20.0. The monoisotopic (exact) mass is 358 g/mol. The van der Waals surface area contributed by atoms with Crippen LogP contribution >= 0.6 is 0 Å². The van der Waals surface area contributed by atoms with Crippen molar-refractivity contribution in [1.82, 2.24) is 10.3 Å². The van der Waals surface area contributed by atoms with Gasteiger partial charge in [-0.25, -0.2) is 4.79 Å². The van der Waals surface area contributed by atoms with Crippen molar-refractivity contribution in [3.05, 3.63) is 35.5 Å². The molecular formula is C21H30N2O3. The number of amides is 1. The first-order valence-electron chi connectivity index (χ1n) is 9.25. The van der Waals surface area contributed by atoms with Crippen LogP contribution in [0.3, 0.4) is 0 Å². The molecule has 0 fully saturated rings. The predicted octanol–water partition coefficient (Wildman–Crippen LogP) is 4.47. The summed E-state index contributed by atoms with van der Waals surface area (Å²) in [5, 5.41) is 13.0. The molecule has 2 aromatic rings. The number of nitrogens with one attached hydrogen (secondary N) is 2. The second-order valence-corrected chi connectivity index (χ2v) is 8.42. The van der Waals surface area contributed by atoms with E-state index in [-0.39, 0.29) is 11.3 Å². The molecule has 0 saturated carbocycles. The molecule has 0 aliphatic heterocycles. The van der Waals surface area contributed by atoms with E-state index in [0.717, 1.165) is 23.7 Å². The molecule has 2 rings (SSSR count). The summed E-state index contributed by atoms with van der Waals surface area (Å²) in [5.41, 5.74) is 2.47. The molecule has 0 saturated heterocycles. The van der Waals surface area contributed by atoms with Crippen molar-refractivity contribution in [1.29, 1.82) is 0 Å². The molecule has 0 aliphatic carbocycles. The molecule has 142 valence electrons. The molecule has 1 amide bonds. The lowest BCUT2D eigenvalue weighted by atomic mass is 9.87. The van der Waals surface area contributed by atoms with Crippen molar-refractivity contribution in [2.24, 2.45) is 5.92 Å². The van der Waals surface area contributed by atoms with Crippen LogP contribution in [0.2, 0.25) is 0 Å². The summed E-state index contributed by atoms with van der Waals surface area (Å²) in [6.45, 7) is 10.6. The molecule has 0 bridgehead atoms.